The van der Waals surface area contributed by atoms with Crippen molar-refractivity contribution in [2.45, 2.75) is 32.3 Å². The highest BCUT2D eigenvalue weighted by Gasteiger charge is 2.19. The average Bonchev–Trinajstić information content (AvgIpc) is 2.84. The first-order valence-corrected chi connectivity index (χ1v) is 6.38. The Balaban J connectivity index is 1.91. The Morgan fingerprint density at radius 2 is 2.28 bits per heavy atom. The molecule has 1 fully saturated rings. The molecule has 1 saturated heterocycles. The first-order chi connectivity index (χ1) is 8.66. The third-order valence-electron chi connectivity index (χ3n) is 3.16. The van der Waals surface area contributed by atoms with Crippen LogP contribution in [0.3, 0.4) is 0 Å². The highest BCUT2D eigenvalue weighted by atomic mass is 16.5. The Hall–Kier alpha value is -1.04. The van der Waals surface area contributed by atoms with E-state index in [9.17, 15) is 10.0 Å². The minimum atomic E-state index is -1.50. The zero-order chi connectivity index (χ0) is 13.0. The van der Waals surface area contributed by atoms with E-state index in [4.69, 9.17) is 9.47 Å². The molecule has 5 heteroatoms. The molecule has 0 bridgehead atoms. The zero-order valence-corrected chi connectivity index (χ0v) is 10.6. The molecule has 0 amide bonds. The number of rotatable bonds is 5. The van der Waals surface area contributed by atoms with Gasteiger partial charge in [0.1, 0.15) is 5.75 Å². The molecule has 0 spiro atoms. The number of ether oxygens (including phenoxy) is 2. The lowest BCUT2D eigenvalue weighted by Gasteiger charge is -2.14. The lowest BCUT2D eigenvalue weighted by atomic mass is 9.79. The third-order valence-corrected chi connectivity index (χ3v) is 3.16. The summed E-state index contributed by atoms with van der Waals surface area (Å²) in [7, 11) is -1.50. The van der Waals surface area contributed by atoms with Gasteiger partial charge in [0.05, 0.1) is 12.7 Å². The van der Waals surface area contributed by atoms with Crippen LogP contribution in [-0.4, -0.2) is 36.5 Å². The molecule has 1 aliphatic heterocycles. The van der Waals surface area contributed by atoms with E-state index >= 15 is 0 Å². The van der Waals surface area contributed by atoms with Gasteiger partial charge in [0, 0.05) is 18.5 Å². The fourth-order valence-electron chi connectivity index (χ4n) is 2.17. The molecule has 2 N–H and O–H groups in total. The van der Waals surface area contributed by atoms with Crippen molar-refractivity contribution < 1.29 is 19.5 Å². The SMILES string of the molecule is Cc1ccc(OCCC2CCCO2)c(B(O)O)c1. The average molecular weight is 250 g/mol. The van der Waals surface area contributed by atoms with Crippen molar-refractivity contribution in [2.24, 2.45) is 0 Å². The fraction of sp³-hybridized carbons (Fsp3) is 0.538. The highest BCUT2D eigenvalue weighted by Crippen LogP contribution is 2.16. The lowest BCUT2D eigenvalue weighted by molar-refractivity contribution is 0.0905. The summed E-state index contributed by atoms with van der Waals surface area (Å²) >= 11 is 0. The van der Waals surface area contributed by atoms with E-state index in [2.05, 4.69) is 0 Å². The largest absolute Gasteiger partial charge is 0.494 e. The van der Waals surface area contributed by atoms with Gasteiger partial charge in [-0.1, -0.05) is 17.7 Å². The first kappa shape index (κ1) is 13.4. The van der Waals surface area contributed by atoms with Crippen LogP contribution >= 0.6 is 0 Å². The van der Waals surface area contributed by atoms with E-state index < -0.39 is 7.12 Å². The van der Waals surface area contributed by atoms with Gasteiger partial charge in [-0.05, 0) is 25.8 Å². The fourth-order valence-corrected chi connectivity index (χ4v) is 2.17. The van der Waals surface area contributed by atoms with Crippen LogP contribution in [0.2, 0.25) is 0 Å². The Morgan fingerprint density at radius 1 is 1.44 bits per heavy atom. The van der Waals surface area contributed by atoms with Crippen LogP contribution in [0.25, 0.3) is 0 Å². The summed E-state index contributed by atoms with van der Waals surface area (Å²) in [5.41, 5.74) is 1.40. The van der Waals surface area contributed by atoms with E-state index in [-0.39, 0.29) is 6.10 Å². The van der Waals surface area contributed by atoms with Gasteiger partial charge < -0.3 is 19.5 Å². The Labute approximate surface area is 108 Å². The van der Waals surface area contributed by atoms with Crippen molar-refractivity contribution in [1.29, 1.82) is 0 Å². The van der Waals surface area contributed by atoms with Crippen molar-refractivity contribution in [1.82, 2.24) is 0 Å². The van der Waals surface area contributed by atoms with E-state index in [0.717, 1.165) is 31.4 Å². The monoisotopic (exact) mass is 250 g/mol. The molecule has 0 radical (unpaired) electrons. The number of aryl methyl sites for hydroxylation is 1. The van der Waals surface area contributed by atoms with Gasteiger partial charge in [0.2, 0.25) is 0 Å². The van der Waals surface area contributed by atoms with Gasteiger partial charge in [0.15, 0.2) is 0 Å². The van der Waals surface area contributed by atoms with Crippen molar-refractivity contribution in [3.05, 3.63) is 23.8 Å². The Bertz CT molecular complexity index is 389. The quantitative estimate of drug-likeness (QED) is 0.752. The molecule has 0 aromatic heterocycles. The standard InChI is InChI=1S/C13H19BO4/c1-10-4-5-13(12(9-10)14(15)16)18-8-6-11-3-2-7-17-11/h4-5,9,11,15-16H,2-3,6-8H2,1H3. The molecule has 4 nitrogen and oxygen atoms in total. The van der Waals surface area contributed by atoms with Crippen LogP contribution in [0, 0.1) is 6.92 Å². The zero-order valence-electron chi connectivity index (χ0n) is 10.6. The van der Waals surface area contributed by atoms with Crippen molar-refractivity contribution >= 4 is 12.6 Å². The predicted molar refractivity (Wildman–Crippen MR) is 70.1 cm³/mol. The van der Waals surface area contributed by atoms with E-state index in [1.807, 2.05) is 13.0 Å². The minimum Gasteiger partial charge on any atom is -0.494 e. The molecule has 0 saturated carbocycles. The summed E-state index contributed by atoms with van der Waals surface area (Å²) in [5, 5.41) is 18.6. The maximum atomic E-state index is 9.29. The van der Waals surface area contributed by atoms with E-state index in [1.165, 1.54) is 0 Å². The molecule has 98 valence electrons. The van der Waals surface area contributed by atoms with Crippen LogP contribution in [-0.2, 0) is 4.74 Å². The molecule has 1 aromatic carbocycles. The molecule has 2 rings (SSSR count). The van der Waals surface area contributed by atoms with Gasteiger partial charge in [-0.15, -0.1) is 0 Å². The van der Waals surface area contributed by atoms with Gasteiger partial charge in [0.25, 0.3) is 0 Å². The number of hydrogen-bond acceptors (Lipinski definition) is 4. The van der Waals surface area contributed by atoms with Crippen LogP contribution < -0.4 is 10.2 Å². The van der Waals surface area contributed by atoms with Crippen molar-refractivity contribution in [3.63, 3.8) is 0 Å². The molecular weight excluding hydrogens is 231 g/mol. The van der Waals surface area contributed by atoms with Gasteiger partial charge in [-0.2, -0.15) is 0 Å². The summed E-state index contributed by atoms with van der Waals surface area (Å²) in [6.45, 7) is 3.28. The molecular formula is C13H19BO4. The topological polar surface area (TPSA) is 58.9 Å². The molecule has 1 heterocycles. The molecule has 0 aliphatic carbocycles. The minimum absolute atomic E-state index is 0.290. The van der Waals surface area contributed by atoms with E-state index in [0.29, 0.717) is 17.8 Å². The molecule has 1 aliphatic rings. The highest BCUT2D eigenvalue weighted by molar-refractivity contribution is 6.59. The number of hydrogen-bond donors (Lipinski definition) is 2. The third kappa shape index (κ3) is 3.48. The molecule has 1 aromatic rings. The smallest absolute Gasteiger partial charge is 0.492 e. The maximum absolute atomic E-state index is 9.29. The second-order valence-electron chi connectivity index (χ2n) is 4.69. The first-order valence-electron chi connectivity index (χ1n) is 6.38. The molecule has 1 atom stereocenters. The van der Waals surface area contributed by atoms with Gasteiger partial charge in [-0.3, -0.25) is 0 Å². The number of benzene rings is 1. The Kier molecular flexibility index (Phi) is 4.63. The summed E-state index contributed by atoms with van der Waals surface area (Å²) in [6.07, 6.45) is 3.34. The summed E-state index contributed by atoms with van der Waals surface area (Å²) < 4.78 is 11.1. The van der Waals surface area contributed by atoms with Gasteiger partial charge >= 0.3 is 7.12 Å². The normalized spacial score (nSPS) is 18.9. The molecule has 18 heavy (non-hydrogen) atoms. The van der Waals surface area contributed by atoms with Crippen molar-refractivity contribution in [2.75, 3.05) is 13.2 Å². The van der Waals surface area contributed by atoms with E-state index in [1.54, 1.807) is 12.1 Å². The van der Waals surface area contributed by atoms with Crippen LogP contribution in [0.1, 0.15) is 24.8 Å². The lowest BCUT2D eigenvalue weighted by Crippen LogP contribution is -2.32. The van der Waals surface area contributed by atoms with Gasteiger partial charge in [-0.25, -0.2) is 0 Å². The Morgan fingerprint density at radius 3 is 2.94 bits per heavy atom. The van der Waals surface area contributed by atoms with Crippen LogP contribution in [0.5, 0.6) is 5.75 Å². The van der Waals surface area contributed by atoms with Crippen LogP contribution in [0.15, 0.2) is 18.2 Å². The van der Waals surface area contributed by atoms with Crippen molar-refractivity contribution in [3.8, 4) is 5.75 Å². The maximum Gasteiger partial charge on any atom is 0.492 e. The second kappa shape index (κ2) is 6.23. The predicted octanol–water partition coefficient (Wildman–Crippen LogP) is 0.623. The summed E-state index contributed by atoms with van der Waals surface area (Å²) in [6, 6.07) is 5.40. The molecule has 1 unspecified atom stereocenters. The summed E-state index contributed by atoms with van der Waals surface area (Å²) in [4.78, 5) is 0. The van der Waals surface area contributed by atoms with Crippen LogP contribution in [0.4, 0.5) is 0 Å². The summed E-state index contributed by atoms with van der Waals surface area (Å²) in [5.74, 6) is 0.536. The second-order valence-corrected chi connectivity index (χ2v) is 4.69.